The number of aliphatic hydroxyl groups is 1. The Bertz CT molecular complexity index is 317. The lowest BCUT2D eigenvalue weighted by atomic mass is 10.1. The maximum atomic E-state index is 9.96. The summed E-state index contributed by atoms with van der Waals surface area (Å²) < 4.78 is 1.88. The summed E-state index contributed by atoms with van der Waals surface area (Å²) in [4.78, 5) is 0. The molecule has 0 bridgehead atoms. The Balaban J connectivity index is 2.80. The van der Waals surface area contributed by atoms with Gasteiger partial charge in [-0.25, -0.2) is 0 Å². The van der Waals surface area contributed by atoms with E-state index in [1.807, 2.05) is 23.7 Å². The lowest BCUT2D eigenvalue weighted by Gasteiger charge is -2.10. The van der Waals surface area contributed by atoms with Gasteiger partial charge in [0.05, 0.1) is 17.5 Å². The van der Waals surface area contributed by atoms with Gasteiger partial charge in [0.1, 0.15) is 0 Å². The fourth-order valence-corrected chi connectivity index (χ4v) is 1.60. The molecule has 0 saturated heterocycles. The van der Waals surface area contributed by atoms with Gasteiger partial charge in [-0.1, -0.05) is 13.0 Å². The van der Waals surface area contributed by atoms with Crippen LogP contribution in [0.4, 0.5) is 0 Å². The molecule has 0 radical (unpaired) electrons. The first kappa shape index (κ1) is 12.0. The predicted molar refractivity (Wildman–Crippen MR) is 61.7 cm³/mol. The van der Waals surface area contributed by atoms with E-state index in [1.165, 1.54) is 0 Å². The van der Waals surface area contributed by atoms with Crippen molar-refractivity contribution in [2.45, 2.75) is 45.8 Å². The van der Waals surface area contributed by atoms with Gasteiger partial charge in [-0.3, -0.25) is 4.68 Å². The second-order valence-corrected chi connectivity index (χ2v) is 3.61. The quantitative estimate of drug-likeness (QED) is 0.729. The van der Waals surface area contributed by atoms with E-state index >= 15 is 0 Å². The van der Waals surface area contributed by atoms with Gasteiger partial charge in [-0.05, 0) is 32.3 Å². The van der Waals surface area contributed by atoms with E-state index in [9.17, 15) is 5.11 Å². The number of aryl methyl sites for hydroxylation is 2. The molecule has 0 saturated carbocycles. The molecular formula is C12H20N2O. The van der Waals surface area contributed by atoms with E-state index in [2.05, 4.69) is 18.6 Å². The minimum atomic E-state index is -0.421. The summed E-state index contributed by atoms with van der Waals surface area (Å²) in [5.41, 5.74) is 1.97. The zero-order valence-corrected chi connectivity index (χ0v) is 9.61. The van der Waals surface area contributed by atoms with Crippen molar-refractivity contribution in [1.82, 2.24) is 9.78 Å². The molecule has 1 rings (SSSR count). The molecule has 0 spiro atoms. The highest BCUT2D eigenvalue weighted by molar-refractivity contribution is 5.13. The van der Waals surface area contributed by atoms with Crippen LogP contribution in [0, 0.1) is 0 Å². The fraction of sp³-hybridized carbons (Fsp3) is 0.583. The molecule has 0 aliphatic carbocycles. The fourth-order valence-electron chi connectivity index (χ4n) is 1.60. The lowest BCUT2D eigenvalue weighted by Crippen LogP contribution is -2.07. The van der Waals surface area contributed by atoms with Crippen molar-refractivity contribution >= 4 is 0 Å². The maximum absolute atomic E-state index is 9.96. The Labute approximate surface area is 91.4 Å². The molecule has 1 atom stereocenters. The Hall–Kier alpha value is -1.09. The number of nitrogens with zero attached hydrogens (tertiary/aromatic N) is 2. The van der Waals surface area contributed by atoms with Crippen LogP contribution in [-0.2, 0) is 13.0 Å². The molecule has 3 heteroatoms. The van der Waals surface area contributed by atoms with Crippen molar-refractivity contribution < 1.29 is 5.11 Å². The minimum Gasteiger partial charge on any atom is -0.387 e. The van der Waals surface area contributed by atoms with Crippen molar-refractivity contribution in [1.29, 1.82) is 0 Å². The molecule has 0 amide bonds. The first-order valence-electron chi connectivity index (χ1n) is 5.58. The van der Waals surface area contributed by atoms with Gasteiger partial charge < -0.3 is 5.11 Å². The maximum Gasteiger partial charge on any atom is 0.0959 e. The molecule has 1 aromatic rings. The van der Waals surface area contributed by atoms with E-state index in [-0.39, 0.29) is 0 Å². The number of hydrogen-bond acceptors (Lipinski definition) is 2. The molecular weight excluding hydrogens is 188 g/mol. The van der Waals surface area contributed by atoms with Gasteiger partial charge in [0.15, 0.2) is 0 Å². The van der Waals surface area contributed by atoms with Crippen LogP contribution >= 0.6 is 0 Å². The largest absolute Gasteiger partial charge is 0.387 e. The summed E-state index contributed by atoms with van der Waals surface area (Å²) in [5, 5.41) is 14.4. The summed E-state index contributed by atoms with van der Waals surface area (Å²) in [5.74, 6) is 0. The third kappa shape index (κ3) is 2.93. The number of aliphatic hydroxyl groups excluding tert-OH is 1. The van der Waals surface area contributed by atoms with Crippen molar-refractivity contribution in [3.05, 3.63) is 30.1 Å². The summed E-state index contributed by atoms with van der Waals surface area (Å²) in [6.45, 7) is 8.57. The van der Waals surface area contributed by atoms with E-state index < -0.39 is 6.10 Å². The van der Waals surface area contributed by atoms with Gasteiger partial charge in [-0.15, -0.1) is 6.58 Å². The topological polar surface area (TPSA) is 38.1 Å². The SMILES string of the molecule is C=CCCC(O)c1cc(CC)nn1CC. The predicted octanol–water partition coefficient (Wildman–Crippen LogP) is 2.47. The summed E-state index contributed by atoms with van der Waals surface area (Å²) in [6, 6.07) is 2.00. The highest BCUT2D eigenvalue weighted by Gasteiger charge is 2.13. The van der Waals surface area contributed by atoms with Gasteiger partial charge in [0.25, 0.3) is 0 Å². The Morgan fingerprint density at radius 1 is 1.60 bits per heavy atom. The van der Waals surface area contributed by atoms with Gasteiger partial charge in [0.2, 0.25) is 0 Å². The average Bonchev–Trinajstić information content (AvgIpc) is 2.69. The Morgan fingerprint density at radius 3 is 2.87 bits per heavy atom. The molecule has 1 N–H and O–H groups in total. The molecule has 0 aliphatic heterocycles. The van der Waals surface area contributed by atoms with Crippen molar-refractivity contribution in [2.75, 3.05) is 0 Å². The van der Waals surface area contributed by atoms with Crippen molar-refractivity contribution in [2.24, 2.45) is 0 Å². The van der Waals surface area contributed by atoms with Crippen molar-refractivity contribution in [3.63, 3.8) is 0 Å². The third-order valence-corrected chi connectivity index (χ3v) is 2.51. The van der Waals surface area contributed by atoms with Crippen LogP contribution in [0.15, 0.2) is 18.7 Å². The molecule has 3 nitrogen and oxygen atoms in total. The average molecular weight is 208 g/mol. The molecule has 1 heterocycles. The lowest BCUT2D eigenvalue weighted by molar-refractivity contribution is 0.158. The van der Waals surface area contributed by atoms with Crippen LogP contribution in [0.5, 0.6) is 0 Å². The molecule has 1 aromatic heterocycles. The molecule has 1 unspecified atom stereocenters. The van der Waals surface area contributed by atoms with E-state index in [1.54, 1.807) is 0 Å². The Morgan fingerprint density at radius 2 is 2.33 bits per heavy atom. The summed E-state index contributed by atoms with van der Waals surface area (Å²) >= 11 is 0. The number of rotatable bonds is 6. The zero-order chi connectivity index (χ0) is 11.3. The molecule has 15 heavy (non-hydrogen) atoms. The van der Waals surface area contributed by atoms with E-state index in [0.717, 1.165) is 37.2 Å². The normalized spacial score (nSPS) is 12.7. The second kappa shape index (κ2) is 5.71. The van der Waals surface area contributed by atoms with Crippen LogP contribution in [0.2, 0.25) is 0 Å². The number of allylic oxidation sites excluding steroid dienone is 1. The molecule has 0 aliphatic rings. The minimum absolute atomic E-state index is 0.421. The van der Waals surface area contributed by atoms with Crippen LogP contribution < -0.4 is 0 Å². The van der Waals surface area contributed by atoms with Gasteiger partial charge in [-0.2, -0.15) is 5.10 Å². The van der Waals surface area contributed by atoms with Crippen LogP contribution in [0.1, 0.15) is 44.2 Å². The standard InChI is InChI=1S/C12H20N2O/c1-4-7-8-12(15)11-9-10(5-2)13-14(11)6-3/h4,9,12,15H,1,5-8H2,2-3H3. The van der Waals surface area contributed by atoms with Gasteiger partial charge >= 0.3 is 0 Å². The smallest absolute Gasteiger partial charge is 0.0959 e. The molecule has 0 fully saturated rings. The first-order chi connectivity index (χ1) is 7.22. The molecule has 0 aromatic carbocycles. The highest BCUT2D eigenvalue weighted by atomic mass is 16.3. The van der Waals surface area contributed by atoms with Crippen molar-refractivity contribution in [3.8, 4) is 0 Å². The summed E-state index contributed by atoms with van der Waals surface area (Å²) in [6.07, 6.45) is 3.87. The first-order valence-corrected chi connectivity index (χ1v) is 5.58. The monoisotopic (exact) mass is 208 g/mol. The summed E-state index contributed by atoms with van der Waals surface area (Å²) in [7, 11) is 0. The molecule has 84 valence electrons. The van der Waals surface area contributed by atoms with Gasteiger partial charge in [0, 0.05) is 6.54 Å². The highest BCUT2D eigenvalue weighted by Crippen LogP contribution is 2.19. The van der Waals surface area contributed by atoms with Crippen LogP contribution in [-0.4, -0.2) is 14.9 Å². The Kier molecular flexibility index (Phi) is 4.56. The third-order valence-electron chi connectivity index (χ3n) is 2.51. The van der Waals surface area contributed by atoms with Crippen LogP contribution in [0.3, 0.4) is 0 Å². The zero-order valence-electron chi connectivity index (χ0n) is 9.61. The van der Waals surface area contributed by atoms with E-state index in [4.69, 9.17) is 0 Å². The second-order valence-electron chi connectivity index (χ2n) is 3.61. The number of aromatic nitrogens is 2. The van der Waals surface area contributed by atoms with Crippen LogP contribution in [0.25, 0.3) is 0 Å². The number of hydrogen-bond donors (Lipinski definition) is 1. The van der Waals surface area contributed by atoms with E-state index in [0.29, 0.717) is 0 Å².